The molecule has 2 atom stereocenters. The van der Waals surface area contributed by atoms with Gasteiger partial charge >= 0.3 is 310 Å². The average molecular weight is 985 g/mol. The number of allylic oxidation sites excluding steroid dienone is 3. The monoisotopic (exact) mass is 984 g/mol. The molecule has 316 valence electrons. The predicted octanol–water partition coefficient (Wildman–Crippen LogP) is 12.9. The molecule has 11 aromatic rings. The average Bonchev–Trinajstić information content (AvgIpc) is 3.93. The first-order valence-electron chi connectivity index (χ1n) is 22.8. The van der Waals surface area contributed by atoms with E-state index >= 15 is 0 Å². The normalized spacial score (nSPS) is 17.0. The third-order valence-electron chi connectivity index (χ3n) is 14.2. The van der Waals surface area contributed by atoms with Crippen LogP contribution in [0, 0.1) is 7.14 Å². The molecule has 1 aliphatic carbocycles. The molecule has 0 spiro atoms. The van der Waals surface area contributed by atoms with E-state index < -0.39 is 21.2 Å². The molecule has 0 N–H and O–H groups in total. The summed E-state index contributed by atoms with van der Waals surface area (Å²) in [4.78, 5) is 17.6. The third-order valence-corrected chi connectivity index (χ3v) is 18.8. The Balaban J connectivity index is 0.936. The van der Waals surface area contributed by atoms with Crippen molar-refractivity contribution in [2.24, 2.45) is 0 Å². The van der Waals surface area contributed by atoms with Crippen molar-refractivity contribution in [3.63, 3.8) is 0 Å². The number of rotatable bonds is 5. The molecule has 1 aromatic heterocycles. The van der Waals surface area contributed by atoms with E-state index in [4.69, 9.17) is 15.0 Å². The van der Waals surface area contributed by atoms with Crippen molar-refractivity contribution in [1.82, 2.24) is 15.0 Å². The van der Waals surface area contributed by atoms with Crippen LogP contribution < -0.4 is 21.2 Å². The summed E-state index contributed by atoms with van der Waals surface area (Å²) < 4.78 is 2.74. The molecular formula is C62H39IN3S-. The minimum absolute atomic E-state index is 0.0981. The molecule has 67 heavy (non-hydrogen) atoms. The number of fused-ring (bicyclic) bond motifs is 13. The molecule has 0 fully saturated rings. The van der Waals surface area contributed by atoms with Crippen LogP contribution in [0.3, 0.4) is 0 Å². The van der Waals surface area contributed by atoms with Crippen LogP contribution in [0.5, 0.6) is 0 Å². The Labute approximate surface area is 403 Å². The van der Waals surface area contributed by atoms with Crippen LogP contribution >= 0.6 is 11.8 Å². The predicted molar refractivity (Wildman–Crippen MR) is 275 cm³/mol. The van der Waals surface area contributed by atoms with E-state index in [1.165, 1.54) is 94.1 Å². The standard InChI is InChI=1S/C62H39IN3S/c1-62-53(26-13-27-54(62)49-21-8-9-29-56(49)67-62)38-30-32-39(33-31-38)59-64-60(40-34-35-47-45-19-5-4-17-43(45)44-18-6-7-20-46(44)52(47)36-40)66-61(65-59)51-25-12-28-55-57(51)50-24-11-23-48(58(50)63-55)42-22-10-15-37-14-2-3-16-41(37)42/h2-36,54H,1H3/q-1. The number of benzene rings is 10. The summed E-state index contributed by atoms with van der Waals surface area (Å²) in [5.74, 6) is 2.33. The van der Waals surface area contributed by atoms with Crippen molar-refractivity contribution in [1.29, 1.82) is 0 Å². The number of hydrogen-bond donors (Lipinski definition) is 0. The van der Waals surface area contributed by atoms with Crippen LogP contribution in [0.2, 0.25) is 0 Å². The molecule has 0 saturated carbocycles. The van der Waals surface area contributed by atoms with Crippen molar-refractivity contribution in [3.8, 4) is 56.4 Å². The Morgan fingerprint density at radius 1 is 0.463 bits per heavy atom. The van der Waals surface area contributed by atoms with Gasteiger partial charge in [-0.2, -0.15) is 0 Å². The molecule has 0 radical (unpaired) electrons. The van der Waals surface area contributed by atoms with Gasteiger partial charge in [-0.3, -0.25) is 0 Å². The Morgan fingerprint density at radius 2 is 1.03 bits per heavy atom. The Bertz CT molecular complexity index is 3920. The van der Waals surface area contributed by atoms with E-state index in [0.29, 0.717) is 23.4 Å². The summed E-state index contributed by atoms with van der Waals surface area (Å²) in [6, 6.07) is 71.0. The van der Waals surface area contributed by atoms with Crippen molar-refractivity contribution in [2.75, 3.05) is 0 Å². The number of halogens is 1. The fraction of sp³-hybridized carbons (Fsp3) is 0.0484. The Hall–Kier alpha value is -7.19. The quantitative estimate of drug-likeness (QED) is 0.127. The molecule has 0 saturated heterocycles. The molecule has 3 aliphatic rings. The summed E-state index contributed by atoms with van der Waals surface area (Å²) >= 11 is 1.50. The molecule has 0 amide bonds. The summed E-state index contributed by atoms with van der Waals surface area (Å²) in [5.41, 5.74) is 12.1. The molecule has 14 rings (SSSR count). The van der Waals surface area contributed by atoms with E-state index in [-0.39, 0.29) is 4.75 Å². The molecule has 10 aromatic carbocycles. The summed E-state index contributed by atoms with van der Waals surface area (Å²) in [6.07, 6.45) is 6.91. The maximum atomic E-state index is 5.45. The zero-order valence-electron chi connectivity index (χ0n) is 36.4. The van der Waals surface area contributed by atoms with Gasteiger partial charge in [0.15, 0.2) is 0 Å². The van der Waals surface area contributed by atoms with Gasteiger partial charge in [-0.25, -0.2) is 0 Å². The number of thioether (sulfide) groups is 1. The van der Waals surface area contributed by atoms with Gasteiger partial charge in [0.05, 0.1) is 0 Å². The van der Waals surface area contributed by atoms with Crippen molar-refractivity contribution >= 4 is 60.4 Å². The van der Waals surface area contributed by atoms with Crippen LogP contribution in [-0.4, -0.2) is 19.7 Å². The van der Waals surface area contributed by atoms with Gasteiger partial charge in [0.2, 0.25) is 0 Å². The van der Waals surface area contributed by atoms with Crippen molar-refractivity contribution < 1.29 is 21.2 Å². The zero-order chi connectivity index (χ0) is 44.2. The van der Waals surface area contributed by atoms with Crippen molar-refractivity contribution in [2.45, 2.75) is 22.5 Å². The third kappa shape index (κ3) is 6.07. The van der Waals surface area contributed by atoms with Gasteiger partial charge in [0.25, 0.3) is 0 Å². The van der Waals surface area contributed by atoms with Gasteiger partial charge in [-0.1, -0.05) is 54.6 Å². The zero-order valence-corrected chi connectivity index (χ0v) is 39.4. The Kier molecular flexibility index (Phi) is 8.84. The minimum atomic E-state index is -0.485. The summed E-state index contributed by atoms with van der Waals surface area (Å²) in [6.45, 7) is 2.40. The van der Waals surface area contributed by atoms with E-state index in [1.54, 1.807) is 0 Å². The van der Waals surface area contributed by atoms with Crippen LogP contribution in [0.15, 0.2) is 217 Å². The van der Waals surface area contributed by atoms with Crippen LogP contribution in [0.4, 0.5) is 0 Å². The first-order chi connectivity index (χ1) is 33.1. The van der Waals surface area contributed by atoms with E-state index in [9.17, 15) is 0 Å². The topological polar surface area (TPSA) is 38.7 Å². The fourth-order valence-electron chi connectivity index (χ4n) is 11.0. The number of hydrogen-bond acceptors (Lipinski definition) is 4. The van der Waals surface area contributed by atoms with Gasteiger partial charge in [0.1, 0.15) is 0 Å². The first kappa shape index (κ1) is 39.0. The van der Waals surface area contributed by atoms with Gasteiger partial charge in [0, 0.05) is 10.8 Å². The second-order valence-electron chi connectivity index (χ2n) is 17.9. The fourth-order valence-corrected chi connectivity index (χ4v) is 15.9. The second kappa shape index (κ2) is 15.2. The Morgan fingerprint density at radius 3 is 1.84 bits per heavy atom. The van der Waals surface area contributed by atoms with Gasteiger partial charge in [-0.05, 0) is 18.6 Å². The van der Waals surface area contributed by atoms with Gasteiger partial charge < -0.3 is 0 Å². The molecular weight excluding hydrogens is 946 g/mol. The van der Waals surface area contributed by atoms with E-state index in [1.807, 2.05) is 11.8 Å². The summed E-state index contributed by atoms with van der Waals surface area (Å²) in [7, 11) is 0. The molecule has 3 heterocycles. The van der Waals surface area contributed by atoms with Crippen LogP contribution in [-0.2, 0) is 0 Å². The molecule has 0 bridgehead atoms. The number of nitrogens with zero attached hydrogens (tertiary/aromatic N) is 3. The van der Waals surface area contributed by atoms with Crippen LogP contribution in [0.25, 0.3) is 105 Å². The van der Waals surface area contributed by atoms with Gasteiger partial charge in [-0.15, -0.1) is 11.8 Å². The molecule has 2 unspecified atom stereocenters. The number of aromatic nitrogens is 3. The van der Waals surface area contributed by atoms with E-state index in [2.05, 4.69) is 219 Å². The molecule has 2 aliphatic heterocycles. The van der Waals surface area contributed by atoms with Crippen LogP contribution in [0.1, 0.15) is 24.0 Å². The van der Waals surface area contributed by atoms with E-state index in [0.717, 1.165) is 16.7 Å². The first-order valence-corrected chi connectivity index (χ1v) is 25.8. The summed E-state index contributed by atoms with van der Waals surface area (Å²) in [5, 5.41) is 9.92. The molecule has 5 heteroatoms. The maximum absolute atomic E-state index is 5.45. The SMILES string of the molecule is CC12Sc3ccccc3C1C=CC=C2c1ccc(-c2nc(-c3ccc4c5ccccc5c5ccccc5c4c3)nc(-c3cccc4c3-c3cccc(-c5cccc6ccccc56)c3[I-]4)n2)cc1. The second-order valence-corrected chi connectivity index (χ2v) is 22.1. The van der Waals surface area contributed by atoms with Crippen molar-refractivity contribution in [3.05, 3.63) is 231 Å². The molecule has 3 nitrogen and oxygen atoms in total.